The van der Waals surface area contributed by atoms with Crippen molar-refractivity contribution in [3.05, 3.63) is 84.2 Å². The number of amides is 1. The van der Waals surface area contributed by atoms with E-state index in [0.717, 1.165) is 38.5 Å². The highest BCUT2D eigenvalue weighted by Gasteiger charge is 2.33. The lowest BCUT2D eigenvalue weighted by Gasteiger charge is -2.38. The molecule has 1 aromatic carbocycles. The van der Waals surface area contributed by atoms with Crippen molar-refractivity contribution >= 4 is 44.4 Å². The van der Waals surface area contributed by atoms with Crippen LogP contribution in [0.1, 0.15) is 31.1 Å². The number of halogens is 2. The first-order chi connectivity index (χ1) is 19.3. The summed E-state index contributed by atoms with van der Waals surface area (Å²) >= 11 is 1.46. The summed E-state index contributed by atoms with van der Waals surface area (Å²) in [5, 5.41) is 7.65. The van der Waals surface area contributed by atoms with E-state index in [-0.39, 0.29) is 24.3 Å². The van der Waals surface area contributed by atoms with Gasteiger partial charge < -0.3 is 9.47 Å². The lowest BCUT2D eigenvalue weighted by atomic mass is 10.0. The van der Waals surface area contributed by atoms with Crippen molar-refractivity contribution < 1.29 is 13.6 Å². The molecule has 0 radical (unpaired) electrons. The zero-order chi connectivity index (χ0) is 28.1. The van der Waals surface area contributed by atoms with E-state index in [1.807, 2.05) is 65.9 Å². The van der Waals surface area contributed by atoms with E-state index in [4.69, 9.17) is 10.1 Å². The minimum atomic E-state index is -0.739. The van der Waals surface area contributed by atoms with Gasteiger partial charge in [0.25, 0.3) is 0 Å². The Bertz CT molecular complexity index is 1860. The van der Waals surface area contributed by atoms with Crippen LogP contribution in [0.3, 0.4) is 0 Å². The number of aromatic nitrogens is 5. The summed E-state index contributed by atoms with van der Waals surface area (Å²) in [7, 11) is 1.94. The molecule has 202 valence electrons. The summed E-state index contributed by atoms with van der Waals surface area (Å²) in [6.07, 6.45) is 5.32. The molecule has 7 nitrogen and oxygen atoms in total. The van der Waals surface area contributed by atoms with Crippen LogP contribution in [0.4, 0.5) is 8.78 Å². The molecule has 0 N–H and O–H groups in total. The molecule has 5 aromatic rings. The second-order valence-electron chi connectivity index (χ2n) is 9.88. The summed E-state index contributed by atoms with van der Waals surface area (Å²) in [4.78, 5) is 23.9. The van der Waals surface area contributed by atoms with E-state index in [1.165, 1.54) is 23.5 Å². The van der Waals surface area contributed by atoms with Gasteiger partial charge in [0.05, 0.1) is 47.7 Å². The van der Waals surface area contributed by atoms with Gasteiger partial charge >= 0.3 is 0 Å². The Hall–Kier alpha value is -4.44. The molecule has 0 saturated heterocycles. The van der Waals surface area contributed by atoms with Gasteiger partial charge in [0.1, 0.15) is 17.2 Å². The van der Waals surface area contributed by atoms with Crippen molar-refractivity contribution in [1.82, 2.24) is 29.2 Å². The molecule has 1 aliphatic heterocycles. The van der Waals surface area contributed by atoms with Crippen LogP contribution in [0, 0.1) is 0 Å². The molecule has 1 aliphatic rings. The number of benzene rings is 1. The van der Waals surface area contributed by atoms with E-state index < -0.39 is 5.83 Å². The van der Waals surface area contributed by atoms with E-state index in [0.29, 0.717) is 29.2 Å². The number of carbonyl (C=O) groups excluding carboxylic acids is 1. The summed E-state index contributed by atoms with van der Waals surface area (Å²) in [6, 6.07) is 9.48. The van der Waals surface area contributed by atoms with E-state index in [1.54, 1.807) is 11.2 Å². The summed E-state index contributed by atoms with van der Waals surface area (Å²) < 4.78 is 32.3. The van der Waals surface area contributed by atoms with Gasteiger partial charge in [-0.25, -0.2) is 18.7 Å². The molecule has 2 atom stereocenters. The van der Waals surface area contributed by atoms with Crippen molar-refractivity contribution in [2.75, 3.05) is 0 Å². The molecule has 0 aliphatic carbocycles. The van der Waals surface area contributed by atoms with Crippen LogP contribution >= 0.6 is 11.3 Å². The molecule has 0 saturated carbocycles. The molecular formula is C30H26F2N6OS. The lowest BCUT2D eigenvalue weighted by Crippen LogP contribution is -2.46. The van der Waals surface area contributed by atoms with Crippen LogP contribution in [0.2, 0.25) is 0 Å². The second kappa shape index (κ2) is 9.95. The third kappa shape index (κ3) is 4.15. The first-order valence-corrected chi connectivity index (χ1v) is 13.7. The molecule has 5 heterocycles. The van der Waals surface area contributed by atoms with Gasteiger partial charge in [0.15, 0.2) is 0 Å². The van der Waals surface area contributed by atoms with Gasteiger partial charge in [0.2, 0.25) is 5.91 Å². The SMILES string of the molecule is C=CC(=O)N1C(C)Cn2nc(-c3nc(-c4ccc5c(c4)ncn5C)c4ccsc4c3C=C(F)/C=C/F)cc2C1C. The fourth-order valence-electron chi connectivity index (χ4n) is 5.53. The predicted molar refractivity (Wildman–Crippen MR) is 155 cm³/mol. The average Bonchev–Trinajstić information content (AvgIpc) is 3.67. The van der Waals surface area contributed by atoms with Crippen molar-refractivity contribution in [2.24, 2.45) is 7.05 Å². The van der Waals surface area contributed by atoms with Crippen LogP contribution in [-0.2, 0) is 18.4 Å². The standard InChI is InChI=1S/C30H26F2N6OS/c1-5-27(39)38-17(2)15-37-26(18(38)3)14-24(35-37)29-22(13-20(32)8-10-31)30-21(9-11-40-30)28(34-29)19-6-7-25-23(12-19)33-16-36(25)4/h5-14,16-18H,1,15H2,2-4H3/b10-8+,20-13?. The van der Waals surface area contributed by atoms with Gasteiger partial charge in [-0.2, -0.15) is 5.10 Å². The minimum Gasteiger partial charge on any atom is -0.334 e. The third-order valence-corrected chi connectivity index (χ3v) is 8.33. The smallest absolute Gasteiger partial charge is 0.246 e. The first-order valence-electron chi connectivity index (χ1n) is 12.8. The quantitative estimate of drug-likeness (QED) is 0.173. The summed E-state index contributed by atoms with van der Waals surface area (Å²) in [5.74, 6) is -0.889. The van der Waals surface area contributed by atoms with Crippen LogP contribution in [0.5, 0.6) is 0 Å². The fourth-order valence-corrected chi connectivity index (χ4v) is 6.44. The maximum absolute atomic E-state index is 14.8. The van der Waals surface area contributed by atoms with Gasteiger partial charge in [-0.1, -0.05) is 12.6 Å². The maximum atomic E-state index is 14.8. The number of hydrogen-bond donors (Lipinski definition) is 0. The van der Waals surface area contributed by atoms with Gasteiger partial charge in [-0.15, -0.1) is 11.3 Å². The molecule has 40 heavy (non-hydrogen) atoms. The highest BCUT2D eigenvalue weighted by molar-refractivity contribution is 7.17. The van der Waals surface area contributed by atoms with Crippen molar-refractivity contribution in [1.29, 1.82) is 0 Å². The topological polar surface area (TPSA) is 68.8 Å². The number of fused-ring (bicyclic) bond motifs is 3. The Morgan fingerprint density at radius 1 is 1.20 bits per heavy atom. The number of carbonyl (C=O) groups is 1. The minimum absolute atomic E-state index is 0.0966. The zero-order valence-corrected chi connectivity index (χ0v) is 23.0. The largest absolute Gasteiger partial charge is 0.334 e. The van der Waals surface area contributed by atoms with Gasteiger partial charge in [-0.05, 0) is 55.6 Å². The van der Waals surface area contributed by atoms with Crippen molar-refractivity contribution in [3.8, 4) is 22.6 Å². The number of aryl methyl sites for hydroxylation is 1. The number of pyridine rings is 1. The first kappa shape index (κ1) is 25.8. The Labute approximate surface area is 233 Å². The zero-order valence-electron chi connectivity index (χ0n) is 22.2. The normalized spacial score (nSPS) is 17.7. The monoisotopic (exact) mass is 556 g/mol. The Morgan fingerprint density at radius 2 is 2.02 bits per heavy atom. The number of allylic oxidation sites excluding steroid dienone is 2. The molecular weight excluding hydrogens is 530 g/mol. The molecule has 10 heteroatoms. The summed E-state index contributed by atoms with van der Waals surface area (Å²) in [5.41, 5.74) is 5.77. The third-order valence-electron chi connectivity index (χ3n) is 7.39. The number of rotatable bonds is 5. The molecule has 6 rings (SSSR count). The Balaban J connectivity index is 1.59. The molecule has 1 amide bonds. The molecule has 0 spiro atoms. The van der Waals surface area contributed by atoms with Crippen molar-refractivity contribution in [3.63, 3.8) is 0 Å². The van der Waals surface area contributed by atoms with Crippen LogP contribution < -0.4 is 0 Å². The number of thiophene rings is 1. The number of imidazole rings is 1. The molecule has 0 fully saturated rings. The van der Waals surface area contributed by atoms with E-state index >= 15 is 0 Å². The molecule has 4 aromatic heterocycles. The molecule has 0 bridgehead atoms. The average molecular weight is 557 g/mol. The maximum Gasteiger partial charge on any atom is 0.246 e. The van der Waals surface area contributed by atoms with Crippen LogP contribution in [-0.4, -0.2) is 41.2 Å². The van der Waals surface area contributed by atoms with Crippen LogP contribution in [0.15, 0.2) is 72.9 Å². The molecule has 2 unspecified atom stereocenters. The highest BCUT2D eigenvalue weighted by Crippen LogP contribution is 2.41. The Kier molecular flexibility index (Phi) is 6.42. The second-order valence-corrected chi connectivity index (χ2v) is 10.8. The van der Waals surface area contributed by atoms with E-state index in [2.05, 4.69) is 11.6 Å². The van der Waals surface area contributed by atoms with Crippen LogP contribution in [0.25, 0.3) is 49.8 Å². The van der Waals surface area contributed by atoms with Crippen molar-refractivity contribution in [2.45, 2.75) is 32.5 Å². The van der Waals surface area contributed by atoms with E-state index in [9.17, 15) is 13.6 Å². The lowest BCUT2D eigenvalue weighted by molar-refractivity contribution is -0.131. The number of hydrogen-bond acceptors (Lipinski definition) is 5. The fraction of sp³-hybridized carbons (Fsp3) is 0.200. The Morgan fingerprint density at radius 3 is 2.80 bits per heavy atom. The van der Waals surface area contributed by atoms with Gasteiger partial charge in [0, 0.05) is 40.4 Å². The summed E-state index contributed by atoms with van der Waals surface area (Å²) in [6.45, 7) is 8.06. The highest BCUT2D eigenvalue weighted by atomic mass is 32.1. The van der Waals surface area contributed by atoms with Gasteiger partial charge in [-0.3, -0.25) is 9.48 Å². The number of nitrogens with zero attached hydrogens (tertiary/aromatic N) is 6. The predicted octanol–water partition coefficient (Wildman–Crippen LogP) is 6.98.